The van der Waals surface area contributed by atoms with E-state index < -0.39 is 0 Å². The molecule has 0 atom stereocenters. The number of hydrogen-bond donors (Lipinski definition) is 1. The summed E-state index contributed by atoms with van der Waals surface area (Å²) in [6, 6.07) is 26.0. The zero-order chi connectivity index (χ0) is 27.0. The first-order chi connectivity index (χ1) is 19.1. The van der Waals surface area contributed by atoms with Crippen LogP contribution in [0.2, 0.25) is 0 Å². The molecule has 0 bridgehead atoms. The van der Waals surface area contributed by atoms with Crippen LogP contribution >= 0.6 is 15.9 Å². The molecule has 0 aliphatic heterocycles. The molecule has 39 heavy (non-hydrogen) atoms. The minimum atomic E-state index is -0.0935. The number of rotatable bonds is 10. The van der Waals surface area contributed by atoms with Crippen LogP contribution in [0, 0.1) is 0 Å². The third-order valence-corrected chi connectivity index (χ3v) is 8.00. The van der Waals surface area contributed by atoms with Crippen LogP contribution in [0.5, 0.6) is 0 Å². The number of nitrogens with one attached hydrogen (secondary N) is 1. The van der Waals surface area contributed by atoms with E-state index in [0.717, 1.165) is 46.2 Å². The Bertz CT molecular complexity index is 1410. The maximum absolute atomic E-state index is 13.9. The second-order valence-electron chi connectivity index (χ2n) is 10.3. The van der Waals surface area contributed by atoms with Crippen molar-refractivity contribution in [3.05, 3.63) is 100 Å². The van der Waals surface area contributed by atoms with Crippen LogP contribution in [0.3, 0.4) is 0 Å². The van der Waals surface area contributed by atoms with Crippen LogP contribution in [0.15, 0.2) is 83.3 Å². The van der Waals surface area contributed by atoms with E-state index in [4.69, 9.17) is 4.98 Å². The van der Waals surface area contributed by atoms with Gasteiger partial charge in [0.25, 0.3) is 5.91 Å². The van der Waals surface area contributed by atoms with Gasteiger partial charge in [-0.3, -0.25) is 9.59 Å². The highest BCUT2D eigenvalue weighted by Gasteiger charge is 2.27. The summed E-state index contributed by atoms with van der Waals surface area (Å²) >= 11 is 3.42. The monoisotopic (exact) mass is 586 g/mol. The average molecular weight is 588 g/mol. The Labute approximate surface area is 238 Å². The van der Waals surface area contributed by atoms with Gasteiger partial charge in [-0.2, -0.15) is 0 Å². The predicted octanol–water partition coefficient (Wildman–Crippen LogP) is 6.52. The van der Waals surface area contributed by atoms with Gasteiger partial charge in [0.15, 0.2) is 0 Å². The zero-order valence-corrected chi connectivity index (χ0v) is 23.8. The molecule has 0 spiro atoms. The highest BCUT2D eigenvalue weighted by molar-refractivity contribution is 9.10. The molecule has 7 heteroatoms. The Morgan fingerprint density at radius 2 is 1.72 bits per heavy atom. The summed E-state index contributed by atoms with van der Waals surface area (Å²) in [5.74, 6) is 0.923. The maximum atomic E-state index is 13.9. The first-order valence-electron chi connectivity index (χ1n) is 13.9. The molecule has 0 saturated heterocycles. The van der Waals surface area contributed by atoms with E-state index in [0.29, 0.717) is 25.1 Å². The lowest BCUT2D eigenvalue weighted by Crippen LogP contribution is -2.42. The number of imidazole rings is 1. The van der Waals surface area contributed by atoms with Gasteiger partial charge >= 0.3 is 0 Å². The first-order valence-corrected chi connectivity index (χ1v) is 14.7. The summed E-state index contributed by atoms with van der Waals surface area (Å²) in [5, 5.41) is 3.01. The van der Waals surface area contributed by atoms with Crippen LogP contribution in [0.25, 0.3) is 11.0 Å². The Hall–Kier alpha value is -3.45. The molecule has 6 nitrogen and oxygen atoms in total. The van der Waals surface area contributed by atoms with Gasteiger partial charge in [0.2, 0.25) is 5.91 Å². The summed E-state index contributed by atoms with van der Waals surface area (Å²) in [6.45, 7) is 1.43. The van der Waals surface area contributed by atoms with Gasteiger partial charge < -0.3 is 14.8 Å². The lowest BCUT2D eigenvalue weighted by Gasteiger charge is -2.35. The normalized spacial score (nSPS) is 13.9. The van der Waals surface area contributed by atoms with Crippen molar-refractivity contribution >= 4 is 38.8 Å². The second kappa shape index (κ2) is 13.1. The van der Waals surface area contributed by atoms with Crippen molar-refractivity contribution in [2.75, 3.05) is 6.54 Å². The molecule has 1 aliphatic rings. The van der Waals surface area contributed by atoms with Gasteiger partial charge in [0.05, 0.1) is 11.0 Å². The van der Waals surface area contributed by atoms with Gasteiger partial charge in [-0.25, -0.2) is 4.98 Å². The van der Waals surface area contributed by atoms with Crippen LogP contribution < -0.4 is 5.32 Å². The van der Waals surface area contributed by atoms with Crippen molar-refractivity contribution < 1.29 is 9.59 Å². The van der Waals surface area contributed by atoms with E-state index in [-0.39, 0.29) is 24.4 Å². The average Bonchev–Trinajstić information content (AvgIpc) is 3.31. The fourth-order valence-corrected chi connectivity index (χ4v) is 5.89. The number of benzene rings is 3. The van der Waals surface area contributed by atoms with Gasteiger partial charge in [-0.05, 0) is 55.2 Å². The van der Waals surface area contributed by atoms with E-state index >= 15 is 0 Å². The molecule has 202 valence electrons. The number of hydrogen-bond acceptors (Lipinski definition) is 3. The fraction of sp³-hybridized carbons (Fsp3) is 0.344. The third-order valence-electron chi connectivity index (χ3n) is 7.51. The Kier molecular flexibility index (Phi) is 9.09. The predicted molar refractivity (Wildman–Crippen MR) is 158 cm³/mol. The molecule has 4 aromatic rings. The van der Waals surface area contributed by atoms with Crippen molar-refractivity contribution in [3.63, 3.8) is 0 Å². The molecule has 1 N–H and O–H groups in total. The van der Waals surface area contributed by atoms with E-state index in [1.807, 2.05) is 60.7 Å². The number of aryl methyl sites for hydroxylation is 1. The summed E-state index contributed by atoms with van der Waals surface area (Å²) < 4.78 is 2.96. The molecule has 1 heterocycles. The highest BCUT2D eigenvalue weighted by atomic mass is 79.9. The second-order valence-corrected chi connectivity index (χ2v) is 11.2. The van der Waals surface area contributed by atoms with Crippen LogP contribution in [-0.4, -0.2) is 38.9 Å². The molecule has 5 rings (SSSR count). The number of para-hydroxylation sites is 2. The minimum Gasteiger partial charge on any atom is -0.352 e. The maximum Gasteiger partial charge on any atom is 0.251 e. The smallest absolute Gasteiger partial charge is 0.251 e. The summed E-state index contributed by atoms with van der Waals surface area (Å²) in [6.07, 6.45) is 7.12. The van der Waals surface area contributed by atoms with E-state index in [9.17, 15) is 9.59 Å². The summed E-state index contributed by atoms with van der Waals surface area (Å²) in [7, 11) is 0. The van der Waals surface area contributed by atoms with E-state index in [1.165, 1.54) is 19.3 Å². The third kappa shape index (κ3) is 6.95. The van der Waals surface area contributed by atoms with Crippen LogP contribution in [0.4, 0.5) is 0 Å². The van der Waals surface area contributed by atoms with E-state index in [1.54, 1.807) is 6.07 Å². The van der Waals surface area contributed by atoms with Crippen molar-refractivity contribution in [1.82, 2.24) is 19.8 Å². The molecule has 1 saturated carbocycles. The number of carbonyl (C=O) groups excluding carboxylic acids is 2. The molecule has 1 aromatic heterocycles. The number of amides is 2. The largest absolute Gasteiger partial charge is 0.352 e. The number of nitrogens with zero attached hydrogens (tertiary/aromatic N) is 3. The number of halogens is 1. The van der Waals surface area contributed by atoms with Gasteiger partial charge in [0.1, 0.15) is 12.4 Å². The van der Waals surface area contributed by atoms with Gasteiger partial charge in [-0.1, -0.05) is 83.7 Å². The van der Waals surface area contributed by atoms with Crippen molar-refractivity contribution in [3.8, 4) is 0 Å². The molecule has 1 fully saturated rings. The van der Waals surface area contributed by atoms with Crippen LogP contribution in [0.1, 0.15) is 60.3 Å². The lowest BCUT2D eigenvalue weighted by atomic mass is 9.93. The Morgan fingerprint density at radius 3 is 2.51 bits per heavy atom. The molecule has 2 amide bonds. The standard InChI is InChI=1S/C32H35BrN4O2/c33-26-14-9-13-25(21-26)32(39)34-20-10-19-30-35-28-17-7-8-18-29(28)37(30)23-31(38)36(27-15-5-2-6-16-27)22-24-11-3-1-4-12-24/h1,3-4,7-9,11-14,17-18,21,27H,2,5-6,10,15-16,19-20,22-23H2,(H,34,39). The number of carbonyl (C=O) groups is 2. The van der Waals surface area contributed by atoms with Gasteiger partial charge in [0, 0.05) is 35.6 Å². The molecule has 1 aliphatic carbocycles. The lowest BCUT2D eigenvalue weighted by molar-refractivity contribution is -0.135. The summed E-state index contributed by atoms with van der Waals surface area (Å²) in [4.78, 5) is 33.4. The van der Waals surface area contributed by atoms with Crippen molar-refractivity contribution in [1.29, 1.82) is 0 Å². The highest BCUT2D eigenvalue weighted by Crippen LogP contribution is 2.26. The zero-order valence-electron chi connectivity index (χ0n) is 22.2. The van der Waals surface area contributed by atoms with E-state index in [2.05, 4.69) is 42.8 Å². The fourth-order valence-electron chi connectivity index (χ4n) is 5.49. The summed E-state index contributed by atoms with van der Waals surface area (Å²) in [5.41, 5.74) is 3.66. The van der Waals surface area contributed by atoms with Gasteiger partial charge in [-0.15, -0.1) is 0 Å². The molecular weight excluding hydrogens is 552 g/mol. The van der Waals surface area contributed by atoms with Crippen molar-refractivity contribution in [2.45, 2.75) is 64.1 Å². The molecule has 0 radical (unpaired) electrons. The molecular formula is C32H35BrN4O2. The topological polar surface area (TPSA) is 67.2 Å². The quantitative estimate of drug-likeness (QED) is 0.215. The molecule has 3 aromatic carbocycles. The minimum absolute atomic E-state index is 0.0935. The Balaban J connectivity index is 1.30. The molecule has 0 unspecified atom stereocenters. The Morgan fingerprint density at radius 1 is 0.949 bits per heavy atom. The first kappa shape index (κ1) is 27.1. The SMILES string of the molecule is O=C(NCCCc1nc2ccccc2n1CC(=O)N(Cc1ccccc1)C1CCCCC1)c1cccc(Br)c1. The number of aromatic nitrogens is 2. The van der Waals surface area contributed by atoms with Crippen LogP contribution in [-0.2, 0) is 24.3 Å². The number of fused-ring (bicyclic) bond motifs is 1. The van der Waals surface area contributed by atoms with Crippen molar-refractivity contribution in [2.24, 2.45) is 0 Å².